The third kappa shape index (κ3) is 2.37. The zero-order valence-corrected chi connectivity index (χ0v) is 10.6. The molecule has 2 aromatic rings. The van der Waals surface area contributed by atoms with Crippen LogP contribution in [0.25, 0.3) is 0 Å². The maximum absolute atomic E-state index is 5.72. The van der Waals surface area contributed by atoms with E-state index in [0.29, 0.717) is 6.61 Å². The lowest BCUT2D eigenvalue weighted by molar-refractivity contribution is 0.379. The van der Waals surface area contributed by atoms with Crippen LogP contribution in [0, 0.1) is 13.8 Å². The molecular formula is C12H15O3P. The van der Waals surface area contributed by atoms with Crippen LogP contribution in [0.4, 0.5) is 0 Å². The molecule has 3 nitrogen and oxygen atoms in total. The predicted molar refractivity (Wildman–Crippen MR) is 64.7 cm³/mol. The van der Waals surface area contributed by atoms with E-state index in [1.807, 2.05) is 45.0 Å². The monoisotopic (exact) mass is 238 g/mol. The Morgan fingerprint density at radius 1 is 1.00 bits per heavy atom. The van der Waals surface area contributed by atoms with Gasteiger partial charge in [-0.1, -0.05) is 0 Å². The third-order valence-electron chi connectivity index (χ3n) is 2.11. The smallest absolute Gasteiger partial charge is 0.167 e. The fourth-order valence-electron chi connectivity index (χ4n) is 1.43. The lowest BCUT2D eigenvalue weighted by atomic mass is 10.5. The van der Waals surface area contributed by atoms with Crippen molar-refractivity contribution >= 4 is 19.2 Å². The highest BCUT2D eigenvalue weighted by atomic mass is 31.1. The van der Waals surface area contributed by atoms with Crippen molar-refractivity contribution in [3.63, 3.8) is 0 Å². The minimum atomic E-state index is -0.943. The van der Waals surface area contributed by atoms with Crippen molar-refractivity contribution in [1.82, 2.24) is 0 Å². The molecule has 4 heteroatoms. The molecule has 0 aliphatic carbocycles. The molecule has 0 unspecified atom stereocenters. The van der Waals surface area contributed by atoms with Gasteiger partial charge in [-0.05, 0) is 45.0 Å². The summed E-state index contributed by atoms with van der Waals surface area (Å²) in [4.78, 5) is 0. The van der Waals surface area contributed by atoms with E-state index in [2.05, 4.69) is 0 Å². The van der Waals surface area contributed by atoms with E-state index in [-0.39, 0.29) is 0 Å². The highest BCUT2D eigenvalue weighted by Gasteiger charge is 2.21. The standard InChI is InChI=1S/C12H15O3P/c1-4-13-16(11-7-5-9(2)14-11)12-8-6-10(3)15-12/h5-8H,4H2,1-3H3. The molecule has 0 aromatic carbocycles. The van der Waals surface area contributed by atoms with Gasteiger partial charge in [-0.3, -0.25) is 0 Å². The van der Waals surface area contributed by atoms with Crippen molar-refractivity contribution < 1.29 is 13.4 Å². The first-order chi connectivity index (χ1) is 7.70. The van der Waals surface area contributed by atoms with Gasteiger partial charge in [0.05, 0.1) is 0 Å². The summed E-state index contributed by atoms with van der Waals surface area (Å²) in [6, 6.07) is 7.79. The highest BCUT2D eigenvalue weighted by Crippen LogP contribution is 2.35. The molecule has 2 heterocycles. The van der Waals surface area contributed by atoms with Crippen LogP contribution in [-0.2, 0) is 4.52 Å². The first-order valence-electron chi connectivity index (χ1n) is 5.26. The lowest BCUT2D eigenvalue weighted by Gasteiger charge is -2.10. The number of furan rings is 2. The second-order valence-corrected chi connectivity index (χ2v) is 5.21. The molecule has 2 aromatic heterocycles. The molecule has 0 saturated heterocycles. The van der Waals surface area contributed by atoms with Crippen molar-refractivity contribution in [3.05, 3.63) is 35.8 Å². The highest BCUT2D eigenvalue weighted by molar-refractivity contribution is 7.67. The maximum Gasteiger partial charge on any atom is 0.167 e. The molecule has 0 fully saturated rings. The summed E-state index contributed by atoms with van der Waals surface area (Å²) in [6.07, 6.45) is 0. The molecule has 0 saturated carbocycles. The Kier molecular flexibility index (Phi) is 3.47. The maximum atomic E-state index is 5.72. The molecule has 0 aliphatic rings. The van der Waals surface area contributed by atoms with Gasteiger partial charge in [-0.25, -0.2) is 0 Å². The third-order valence-corrected chi connectivity index (χ3v) is 3.91. The van der Waals surface area contributed by atoms with Gasteiger partial charge in [0.1, 0.15) is 11.5 Å². The van der Waals surface area contributed by atoms with Crippen LogP contribution >= 0.6 is 8.15 Å². The fourth-order valence-corrected chi connectivity index (χ4v) is 3.03. The van der Waals surface area contributed by atoms with Crippen LogP contribution in [-0.4, -0.2) is 6.61 Å². The Labute approximate surface area is 96.2 Å². The first-order valence-corrected chi connectivity index (χ1v) is 6.52. The van der Waals surface area contributed by atoms with Crippen molar-refractivity contribution in [1.29, 1.82) is 0 Å². The average Bonchev–Trinajstić information content (AvgIpc) is 2.84. The van der Waals surface area contributed by atoms with Crippen molar-refractivity contribution in [2.75, 3.05) is 6.61 Å². The Balaban J connectivity index is 2.30. The summed E-state index contributed by atoms with van der Waals surface area (Å²) in [5.41, 5.74) is 1.70. The van der Waals surface area contributed by atoms with Gasteiger partial charge in [0.2, 0.25) is 0 Å². The van der Waals surface area contributed by atoms with Gasteiger partial charge in [0.15, 0.2) is 19.2 Å². The Hall–Kier alpha value is -1.05. The molecule has 0 bridgehead atoms. The van der Waals surface area contributed by atoms with E-state index in [4.69, 9.17) is 13.4 Å². The number of rotatable bonds is 4. The number of hydrogen-bond acceptors (Lipinski definition) is 3. The summed E-state index contributed by atoms with van der Waals surface area (Å²) in [5, 5.41) is 0. The Morgan fingerprint density at radius 2 is 1.50 bits per heavy atom. The molecule has 2 rings (SSSR count). The molecule has 0 aliphatic heterocycles. The zero-order valence-electron chi connectivity index (χ0n) is 9.69. The summed E-state index contributed by atoms with van der Waals surface area (Å²) in [6.45, 7) is 6.47. The van der Waals surface area contributed by atoms with Crippen molar-refractivity contribution in [2.45, 2.75) is 20.8 Å². The minimum absolute atomic E-state index is 0.644. The molecule has 0 spiro atoms. The molecule has 0 radical (unpaired) electrons. The van der Waals surface area contributed by atoms with Gasteiger partial charge < -0.3 is 13.4 Å². The van der Waals surface area contributed by atoms with Gasteiger partial charge in [0, 0.05) is 6.61 Å². The topological polar surface area (TPSA) is 35.5 Å². The normalized spacial score (nSPS) is 11.2. The Morgan fingerprint density at radius 3 is 1.81 bits per heavy atom. The molecule has 0 amide bonds. The largest absolute Gasteiger partial charge is 0.459 e. The summed E-state index contributed by atoms with van der Waals surface area (Å²) in [5.74, 6) is 1.79. The van der Waals surface area contributed by atoms with Crippen LogP contribution in [0.3, 0.4) is 0 Å². The minimum Gasteiger partial charge on any atom is -0.459 e. The van der Waals surface area contributed by atoms with Crippen LogP contribution < -0.4 is 11.0 Å². The van der Waals surface area contributed by atoms with Gasteiger partial charge in [-0.2, -0.15) is 0 Å². The number of aryl methyl sites for hydroxylation is 2. The molecule has 16 heavy (non-hydrogen) atoms. The second-order valence-electron chi connectivity index (χ2n) is 3.48. The van der Waals surface area contributed by atoms with Crippen LogP contribution in [0.5, 0.6) is 0 Å². The van der Waals surface area contributed by atoms with E-state index < -0.39 is 8.15 Å². The summed E-state index contributed by atoms with van der Waals surface area (Å²) >= 11 is 0. The SMILES string of the molecule is CCOP(c1ccc(C)o1)c1ccc(C)o1. The first kappa shape index (κ1) is 11.4. The summed E-state index contributed by atoms with van der Waals surface area (Å²) < 4.78 is 16.9. The predicted octanol–water partition coefficient (Wildman–Crippen LogP) is 2.87. The number of hydrogen-bond donors (Lipinski definition) is 0. The van der Waals surface area contributed by atoms with Gasteiger partial charge in [-0.15, -0.1) is 0 Å². The Bertz CT molecular complexity index is 418. The van der Waals surface area contributed by atoms with Crippen molar-refractivity contribution in [2.24, 2.45) is 0 Å². The average molecular weight is 238 g/mol. The van der Waals surface area contributed by atoms with E-state index in [1.54, 1.807) is 0 Å². The van der Waals surface area contributed by atoms with E-state index >= 15 is 0 Å². The molecular weight excluding hydrogens is 223 g/mol. The quantitative estimate of drug-likeness (QED) is 0.768. The van der Waals surface area contributed by atoms with Gasteiger partial charge in [0.25, 0.3) is 0 Å². The second kappa shape index (κ2) is 4.86. The van der Waals surface area contributed by atoms with Crippen molar-refractivity contribution in [3.8, 4) is 0 Å². The van der Waals surface area contributed by atoms with E-state index in [9.17, 15) is 0 Å². The molecule has 0 atom stereocenters. The van der Waals surface area contributed by atoms with Gasteiger partial charge >= 0.3 is 0 Å². The molecule has 0 N–H and O–H groups in total. The van der Waals surface area contributed by atoms with E-state index in [0.717, 1.165) is 22.5 Å². The van der Waals surface area contributed by atoms with Crippen LogP contribution in [0.1, 0.15) is 18.4 Å². The lowest BCUT2D eigenvalue weighted by Crippen LogP contribution is -2.10. The fraction of sp³-hybridized carbons (Fsp3) is 0.333. The van der Waals surface area contributed by atoms with Crippen LogP contribution in [0.15, 0.2) is 33.1 Å². The molecule has 86 valence electrons. The van der Waals surface area contributed by atoms with Crippen LogP contribution in [0.2, 0.25) is 0 Å². The zero-order chi connectivity index (χ0) is 11.5. The summed E-state index contributed by atoms with van der Waals surface area (Å²) in [7, 11) is -0.943. The van der Waals surface area contributed by atoms with E-state index in [1.165, 1.54) is 0 Å².